The zero-order valence-corrected chi connectivity index (χ0v) is 14.2. The number of pyridine rings is 1. The number of benzene rings is 1. The Morgan fingerprint density at radius 1 is 1.32 bits per heavy atom. The summed E-state index contributed by atoms with van der Waals surface area (Å²) in [7, 11) is 0. The Kier molecular flexibility index (Phi) is 9.11. The monoisotopic (exact) mass is 485 g/mol. The van der Waals surface area contributed by atoms with Crippen LogP contribution < -0.4 is 0 Å². The van der Waals surface area contributed by atoms with Crippen LogP contribution in [-0.4, -0.2) is 15.9 Å². The third kappa shape index (κ3) is 7.23. The van der Waals surface area contributed by atoms with Gasteiger partial charge in [0.15, 0.2) is 5.78 Å². The minimum Gasteiger partial charge on any atom is -0.512 e. The van der Waals surface area contributed by atoms with Gasteiger partial charge in [-0.25, -0.2) is 0 Å². The Hall–Kier alpha value is -1.87. The van der Waals surface area contributed by atoms with E-state index in [-0.39, 0.29) is 38.2 Å². The summed E-state index contributed by atoms with van der Waals surface area (Å²) in [5, 5.41) is 8.36. The summed E-state index contributed by atoms with van der Waals surface area (Å²) in [4.78, 5) is 14.0. The van der Waals surface area contributed by atoms with Crippen molar-refractivity contribution in [3.05, 3.63) is 66.1 Å². The van der Waals surface area contributed by atoms with E-state index in [2.05, 4.69) is 11.1 Å². The predicted molar refractivity (Wildman–Crippen MR) is 75.5 cm³/mol. The van der Waals surface area contributed by atoms with Crippen LogP contribution in [0.25, 0.3) is 11.3 Å². The topological polar surface area (TPSA) is 50.2 Å². The van der Waals surface area contributed by atoms with E-state index in [0.717, 1.165) is 12.1 Å². The number of carbonyl (C=O) groups excluding carboxylic acids is 1. The number of carbonyl (C=O) groups is 1. The zero-order chi connectivity index (χ0) is 15.8. The molecule has 0 saturated carbocycles. The molecule has 1 N–H and O–H groups in total. The molecule has 6 heteroatoms. The molecular formula is C16H14F2NO2Pt-. The van der Waals surface area contributed by atoms with E-state index in [1.54, 1.807) is 24.4 Å². The van der Waals surface area contributed by atoms with Crippen molar-refractivity contribution in [2.45, 2.75) is 13.8 Å². The number of halogens is 2. The van der Waals surface area contributed by atoms with Gasteiger partial charge in [-0.3, -0.25) is 13.6 Å². The van der Waals surface area contributed by atoms with E-state index >= 15 is 0 Å². The van der Waals surface area contributed by atoms with Gasteiger partial charge >= 0.3 is 0 Å². The molecule has 0 bridgehead atoms. The van der Waals surface area contributed by atoms with Crippen molar-refractivity contribution in [1.82, 2.24) is 4.98 Å². The van der Waals surface area contributed by atoms with Crippen LogP contribution >= 0.6 is 0 Å². The van der Waals surface area contributed by atoms with Gasteiger partial charge < -0.3 is 10.1 Å². The molecule has 3 nitrogen and oxygen atoms in total. The fourth-order valence-corrected chi connectivity index (χ4v) is 1.45. The van der Waals surface area contributed by atoms with E-state index < -0.39 is 11.6 Å². The Morgan fingerprint density at radius 3 is 2.41 bits per heavy atom. The SMILES string of the molecule is CC(=O)/C=C(/C)O.Fc1c[c-]c(-c2ccccn2)c(F)c1.[Pt]. The van der Waals surface area contributed by atoms with Gasteiger partial charge in [-0.1, -0.05) is 23.8 Å². The minimum atomic E-state index is -0.649. The third-order valence-electron chi connectivity index (χ3n) is 2.19. The molecular weight excluding hydrogens is 471 g/mol. The maximum atomic E-state index is 13.2. The number of hydrogen-bond donors (Lipinski definition) is 1. The van der Waals surface area contributed by atoms with Gasteiger partial charge in [0.05, 0.1) is 5.76 Å². The van der Waals surface area contributed by atoms with Crippen molar-refractivity contribution in [3.63, 3.8) is 0 Å². The number of allylic oxidation sites excluding steroid dienone is 2. The average Bonchev–Trinajstić information content (AvgIpc) is 2.38. The van der Waals surface area contributed by atoms with Gasteiger partial charge in [-0.15, -0.1) is 12.1 Å². The first kappa shape index (κ1) is 20.1. The molecule has 2 aromatic rings. The largest absolute Gasteiger partial charge is 0.512 e. The van der Waals surface area contributed by atoms with Crippen LogP contribution in [0.5, 0.6) is 0 Å². The molecule has 1 aromatic carbocycles. The Bertz CT molecular complexity index is 642. The molecule has 120 valence electrons. The number of rotatable bonds is 2. The fourth-order valence-electron chi connectivity index (χ4n) is 1.45. The summed E-state index contributed by atoms with van der Waals surface area (Å²) < 4.78 is 25.8. The van der Waals surface area contributed by atoms with Crippen LogP contribution in [0.15, 0.2) is 48.4 Å². The van der Waals surface area contributed by atoms with E-state index in [1.807, 2.05) is 0 Å². The number of ketones is 1. The van der Waals surface area contributed by atoms with Crippen molar-refractivity contribution >= 4 is 5.78 Å². The molecule has 0 aliphatic rings. The molecule has 0 saturated heterocycles. The second-order valence-electron chi connectivity index (χ2n) is 4.15. The van der Waals surface area contributed by atoms with Gasteiger partial charge in [0.2, 0.25) is 0 Å². The van der Waals surface area contributed by atoms with Crippen molar-refractivity contribution in [2.75, 3.05) is 0 Å². The summed E-state index contributed by atoms with van der Waals surface area (Å²) in [6.45, 7) is 2.85. The van der Waals surface area contributed by atoms with E-state index in [0.29, 0.717) is 5.69 Å². The smallest absolute Gasteiger partial charge is 0.155 e. The quantitative estimate of drug-likeness (QED) is 0.400. The summed E-state index contributed by atoms with van der Waals surface area (Å²) >= 11 is 0. The zero-order valence-electron chi connectivity index (χ0n) is 11.9. The number of aromatic nitrogens is 1. The molecule has 0 spiro atoms. The van der Waals surface area contributed by atoms with Gasteiger partial charge in [0, 0.05) is 45.0 Å². The maximum Gasteiger partial charge on any atom is 0.155 e. The molecule has 2 rings (SSSR count). The number of nitrogens with zero attached hydrogens (tertiary/aromatic N) is 1. The third-order valence-corrected chi connectivity index (χ3v) is 2.19. The van der Waals surface area contributed by atoms with Gasteiger partial charge in [-0.05, 0) is 25.6 Å². The summed E-state index contributed by atoms with van der Waals surface area (Å²) in [6.07, 6.45) is 2.71. The van der Waals surface area contributed by atoms with Gasteiger partial charge in [-0.2, -0.15) is 0 Å². The molecule has 0 radical (unpaired) electrons. The van der Waals surface area contributed by atoms with Crippen LogP contribution in [0.2, 0.25) is 0 Å². The second-order valence-corrected chi connectivity index (χ2v) is 4.15. The Morgan fingerprint density at radius 2 is 2.00 bits per heavy atom. The molecule has 1 aromatic heterocycles. The van der Waals surface area contributed by atoms with E-state index in [1.165, 1.54) is 19.9 Å². The van der Waals surface area contributed by atoms with Crippen molar-refractivity contribution in [2.24, 2.45) is 0 Å². The fraction of sp³-hybridized carbons (Fsp3) is 0.125. The molecule has 0 atom stereocenters. The maximum absolute atomic E-state index is 13.2. The van der Waals surface area contributed by atoms with Crippen molar-refractivity contribution < 1.29 is 39.7 Å². The Balaban J connectivity index is 0.000000478. The predicted octanol–water partition coefficient (Wildman–Crippen LogP) is 3.86. The van der Waals surface area contributed by atoms with Crippen molar-refractivity contribution in [3.8, 4) is 11.3 Å². The van der Waals surface area contributed by atoms with E-state index in [9.17, 15) is 13.6 Å². The molecule has 0 unspecified atom stereocenters. The number of aliphatic hydroxyl groups excluding tert-OH is 1. The van der Waals surface area contributed by atoms with Crippen LogP contribution in [0.3, 0.4) is 0 Å². The summed E-state index contributed by atoms with van der Waals surface area (Å²) in [5.74, 6) is -1.35. The van der Waals surface area contributed by atoms with Crippen LogP contribution in [0.4, 0.5) is 8.78 Å². The molecule has 1 heterocycles. The van der Waals surface area contributed by atoms with E-state index in [4.69, 9.17) is 5.11 Å². The molecule has 0 aliphatic carbocycles. The summed E-state index contributed by atoms with van der Waals surface area (Å²) in [6, 6.07) is 9.53. The van der Waals surface area contributed by atoms with Crippen LogP contribution in [0, 0.1) is 17.7 Å². The number of aliphatic hydroxyl groups is 1. The Labute approximate surface area is 142 Å². The normalized spacial score (nSPS) is 10.1. The second kappa shape index (κ2) is 9.96. The molecule has 22 heavy (non-hydrogen) atoms. The first-order chi connectivity index (χ1) is 9.90. The van der Waals surface area contributed by atoms with Crippen LogP contribution in [0.1, 0.15) is 13.8 Å². The molecule has 0 aliphatic heterocycles. The van der Waals surface area contributed by atoms with Gasteiger partial charge in [0.25, 0.3) is 0 Å². The average molecular weight is 485 g/mol. The first-order valence-electron chi connectivity index (χ1n) is 6.06. The number of hydrogen-bond acceptors (Lipinski definition) is 3. The van der Waals surface area contributed by atoms with Gasteiger partial charge in [0.1, 0.15) is 0 Å². The molecule has 0 amide bonds. The van der Waals surface area contributed by atoms with Crippen LogP contribution in [-0.2, 0) is 25.9 Å². The molecule has 0 fully saturated rings. The standard InChI is InChI=1S/C11H6F2N.C5H8O2.Pt/c12-8-4-5-9(10(13)7-8)11-3-1-2-6-14-11;1-4(6)3-5(2)7;/h1-4,6-7H;3,6H,1-2H3;/q-1;;/b;4-3-;. The minimum absolute atomic E-state index is 0. The first-order valence-corrected chi connectivity index (χ1v) is 6.06. The van der Waals surface area contributed by atoms with Crippen molar-refractivity contribution in [1.29, 1.82) is 0 Å². The summed E-state index contributed by atoms with van der Waals surface area (Å²) in [5.41, 5.74) is 0.636.